The van der Waals surface area contributed by atoms with E-state index in [1.165, 1.54) is 38.5 Å². The van der Waals surface area contributed by atoms with Gasteiger partial charge in [-0.3, -0.25) is 0 Å². The Hall–Kier alpha value is -0.195. The van der Waals surface area contributed by atoms with Crippen LogP contribution in [0.3, 0.4) is 0 Å². The Kier molecular flexibility index (Phi) is 7.77. The van der Waals surface area contributed by atoms with Gasteiger partial charge in [-0.25, -0.2) is 0 Å². The Morgan fingerprint density at radius 1 is 1.18 bits per heavy atom. The summed E-state index contributed by atoms with van der Waals surface area (Å²) >= 11 is 0. The Morgan fingerprint density at radius 3 is 2.36 bits per heavy atom. The van der Waals surface area contributed by atoms with E-state index in [9.17, 15) is 0 Å². The van der Waals surface area contributed by atoms with Gasteiger partial charge < -0.3 is 0 Å². The lowest BCUT2D eigenvalue weighted by atomic mass is 9.89. The molecule has 11 heavy (non-hydrogen) atoms. The molecule has 0 atom stereocenters. The van der Waals surface area contributed by atoms with Crippen molar-refractivity contribution < 1.29 is 0 Å². The highest BCUT2D eigenvalue weighted by molar-refractivity contribution is 6.21. The van der Waals surface area contributed by atoms with Crippen molar-refractivity contribution in [1.29, 1.82) is 0 Å². The fourth-order valence-electron chi connectivity index (χ4n) is 1.11. The highest BCUT2D eigenvalue weighted by Gasteiger charge is 1.88. The lowest BCUT2D eigenvalue weighted by Crippen LogP contribution is -1.82. The molecule has 0 aromatic rings. The third kappa shape index (κ3) is 7.70. The molecule has 0 unspecified atom stereocenters. The van der Waals surface area contributed by atoms with Crippen LogP contribution in [0, 0.1) is 0 Å². The van der Waals surface area contributed by atoms with Crippen molar-refractivity contribution in [2.24, 2.45) is 0 Å². The average Bonchev–Trinajstić information content (AvgIpc) is 2.01. The zero-order chi connectivity index (χ0) is 8.53. The molecule has 0 aliphatic heterocycles. The van der Waals surface area contributed by atoms with Crippen LogP contribution in [0.4, 0.5) is 0 Å². The number of hydrogen-bond donors (Lipinski definition) is 0. The van der Waals surface area contributed by atoms with E-state index in [2.05, 4.69) is 27.8 Å². The average molecular weight is 152 g/mol. The van der Waals surface area contributed by atoms with Crippen LogP contribution < -0.4 is 0 Å². The summed E-state index contributed by atoms with van der Waals surface area (Å²) in [7, 11) is 2.26. The van der Waals surface area contributed by atoms with Gasteiger partial charge in [-0.15, -0.1) is 5.47 Å². The first-order chi connectivity index (χ1) is 5.31. The highest BCUT2D eigenvalue weighted by Crippen LogP contribution is 2.05. The van der Waals surface area contributed by atoms with E-state index in [1.54, 1.807) is 5.47 Å². The summed E-state index contributed by atoms with van der Waals surface area (Å²) in [6.07, 6.45) is 10.3. The second-order valence-electron chi connectivity index (χ2n) is 3.30. The van der Waals surface area contributed by atoms with Crippen LogP contribution in [0.2, 0.25) is 0 Å². The van der Waals surface area contributed by atoms with Gasteiger partial charge in [-0.2, -0.15) is 0 Å². The fraction of sp³-hybridized carbons (Fsp3) is 0.800. The number of allylic oxidation sites excluding steroid dienone is 2. The topological polar surface area (TPSA) is 0 Å². The summed E-state index contributed by atoms with van der Waals surface area (Å²) in [6.45, 7) is 4.49. The molecule has 0 aromatic carbocycles. The molecule has 0 aliphatic rings. The van der Waals surface area contributed by atoms with Gasteiger partial charge >= 0.3 is 0 Å². The Morgan fingerprint density at radius 2 is 1.82 bits per heavy atom. The second-order valence-corrected chi connectivity index (χ2v) is 3.30. The molecule has 1 heteroatoms. The molecule has 0 aliphatic carbocycles. The first-order valence-electron chi connectivity index (χ1n) is 4.96. The molecule has 0 saturated carbocycles. The maximum Gasteiger partial charge on any atom is 0.133 e. The summed E-state index contributed by atoms with van der Waals surface area (Å²) in [5, 5.41) is 0. The van der Waals surface area contributed by atoms with Crippen LogP contribution in [-0.4, -0.2) is 7.85 Å². The molecule has 0 rings (SSSR count). The first kappa shape index (κ1) is 10.8. The molecule has 64 valence electrons. The summed E-state index contributed by atoms with van der Waals surface area (Å²) in [4.78, 5) is 0. The van der Waals surface area contributed by atoms with Crippen molar-refractivity contribution >= 4 is 7.85 Å². The third-order valence-corrected chi connectivity index (χ3v) is 1.98. The van der Waals surface area contributed by atoms with E-state index in [-0.39, 0.29) is 0 Å². The molecular weight excluding hydrogens is 131 g/mol. The zero-order valence-electron chi connectivity index (χ0n) is 8.32. The van der Waals surface area contributed by atoms with Gasteiger partial charge in [0.15, 0.2) is 0 Å². The maximum atomic E-state index is 2.40. The molecule has 0 aromatic heterocycles. The van der Waals surface area contributed by atoms with E-state index in [0.717, 1.165) is 0 Å². The molecule has 0 fully saturated rings. The SMILES string of the molecule is B/C(=C\CCCC)CCCC. The van der Waals surface area contributed by atoms with Crippen LogP contribution in [0.5, 0.6) is 0 Å². The number of rotatable bonds is 6. The molecular formula is C10H21B. The molecule has 0 radical (unpaired) electrons. The predicted octanol–water partition coefficient (Wildman–Crippen LogP) is 2.88. The molecule has 0 spiro atoms. The predicted molar refractivity (Wildman–Crippen MR) is 55.7 cm³/mol. The van der Waals surface area contributed by atoms with Crippen LogP contribution in [-0.2, 0) is 0 Å². The van der Waals surface area contributed by atoms with Gasteiger partial charge in [0.05, 0.1) is 0 Å². The van der Waals surface area contributed by atoms with Crippen LogP contribution in [0.25, 0.3) is 0 Å². The van der Waals surface area contributed by atoms with Gasteiger partial charge in [0.1, 0.15) is 7.85 Å². The van der Waals surface area contributed by atoms with Gasteiger partial charge in [0, 0.05) is 0 Å². The Balaban J connectivity index is 3.30. The van der Waals surface area contributed by atoms with Crippen molar-refractivity contribution in [3.8, 4) is 0 Å². The minimum absolute atomic E-state index is 1.28. The van der Waals surface area contributed by atoms with E-state index in [1.807, 2.05) is 0 Å². The summed E-state index contributed by atoms with van der Waals surface area (Å²) in [5.74, 6) is 0. The van der Waals surface area contributed by atoms with E-state index < -0.39 is 0 Å². The number of unbranched alkanes of at least 4 members (excludes halogenated alkanes) is 3. The third-order valence-electron chi connectivity index (χ3n) is 1.98. The minimum atomic E-state index is 1.28. The second kappa shape index (κ2) is 7.91. The minimum Gasteiger partial charge on any atom is -0.114 e. The molecule has 0 amide bonds. The van der Waals surface area contributed by atoms with Crippen LogP contribution in [0.15, 0.2) is 11.5 Å². The Bertz CT molecular complexity index is 105. The van der Waals surface area contributed by atoms with Crippen molar-refractivity contribution in [2.45, 2.75) is 52.4 Å². The summed E-state index contributed by atoms with van der Waals surface area (Å²) in [6, 6.07) is 0. The molecule has 0 saturated heterocycles. The highest BCUT2D eigenvalue weighted by atomic mass is 13.9. The van der Waals surface area contributed by atoms with Gasteiger partial charge in [-0.1, -0.05) is 45.6 Å². The van der Waals surface area contributed by atoms with Crippen LogP contribution in [0.1, 0.15) is 52.4 Å². The smallest absolute Gasteiger partial charge is 0.114 e. The van der Waals surface area contributed by atoms with E-state index >= 15 is 0 Å². The normalized spacial score (nSPS) is 12.0. The maximum absolute atomic E-state index is 2.40. The Labute approximate surface area is 72.5 Å². The summed E-state index contributed by atoms with van der Waals surface area (Å²) in [5.41, 5.74) is 1.58. The van der Waals surface area contributed by atoms with Gasteiger partial charge in [0.2, 0.25) is 0 Å². The van der Waals surface area contributed by atoms with Gasteiger partial charge in [-0.05, 0) is 12.8 Å². The summed E-state index contributed by atoms with van der Waals surface area (Å²) < 4.78 is 0. The molecule has 0 N–H and O–H groups in total. The van der Waals surface area contributed by atoms with Gasteiger partial charge in [0.25, 0.3) is 0 Å². The lowest BCUT2D eigenvalue weighted by molar-refractivity contribution is 0.786. The van der Waals surface area contributed by atoms with Crippen LogP contribution >= 0.6 is 0 Å². The molecule has 0 bridgehead atoms. The first-order valence-corrected chi connectivity index (χ1v) is 4.96. The van der Waals surface area contributed by atoms with Crippen molar-refractivity contribution in [1.82, 2.24) is 0 Å². The molecule has 0 heterocycles. The van der Waals surface area contributed by atoms with Crippen molar-refractivity contribution in [3.05, 3.63) is 11.5 Å². The van der Waals surface area contributed by atoms with Crippen molar-refractivity contribution in [3.63, 3.8) is 0 Å². The quantitative estimate of drug-likeness (QED) is 0.405. The monoisotopic (exact) mass is 152 g/mol. The largest absolute Gasteiger partial charge is 0.133 e. The molecule has 0 nitrogen and oxygen atoms in total. The standard InChI is InChI=1S/C10H21B/c1-3-5-7-9-10(11)8-6-4-2/h9H,3-8,11H2,1-2H3/b10-9-. The number of hydrogen-bond acceptors (Lipinski definition) is 0. The van der Waals surface area contributed by atoms with Crippen molar-refractivity contribution in [2.75, 3.05) is 0 Å². The fourth-order valence-corrected chi connectivity index (χ4v) is 1.11. The lowest BCUT2D eigenvalue weighted by Gasteiger charge is -1.98. The van der Waals surface area contributed by atoms with E-state index in [0.29, 0.717) is 0 Å². The zero-order valence-corrected chi connectivity index (χ0v) is 8.32. The van der Waals surface area contributed by atoms with E-state index in [4.69, 9.17) is 0 Å².